The number of aromatic nitrogens is 3. The second-order valence-electron chi connectivity index (χ2n) is 3.73. The van der Waals surface area contributed by atoms with E-state index in [0.29, 0.717) is 18.8 Å². The lowest BCUT2D eigenvalue weighted by Gasteiger charge is -2.08. The van der Waals surface area contributed by atoms with E-state index in [9.17, 15) is 4.39 Å². The lowest BCUT2D eigenvalue weighted by atomic mass is 10.3. The maximum atomic E-state index is 13.6. The monoisotopic (exact) mass is 250 g/mol. The molecule has 0 saturated heterocycles. The minimum absolute atomic E-state index is 0.265. The van der Waals surface area contributed by atoms with Crippen LogP contribution in [0.3, 0.4) is 0 Å². The molecule has 0 radical (unpaired) electrons. The van der Waals surface area contributed by atoms with E-state index in [1.165, 1.54) is 12.4 Å². The molecule has 0 atom stereocenters. The van der Waals surface area contributed by atoms with Crippen molar-refractivity contribution in [2.45, 2.75) is 13.5 Å². The molecule has 2 aromatic rings. The summed E-state index contributed by atoms with van der Waals surface area (Å²) in [6.45, 7) is 2.76. The first-order chi connectivity index (χ1) is 8.70. The first kappa shape index (κ1) is 12.3. The van der Waals surface area contributed by atoms with Gasteiger partial charge in [0.25, 0.3) is 0 Å². The number of rotatable bonds is 5. The normalized spacial score (nSPS) is 10.4. The molecule has 1 aromatic carbocycles. The van der Waals surface area contributed by atoms with Crippen molar-refractivity contribution >= 4 is 5.69 Å². The predicted octanol–water partition coefficient (Wildman–Crippen LogP) is 1.96. The SMILES string of the molecule is CCOc1ccc(NCc2ncnn2C)cc1F. The molecule has 2 rings (SSSR count). The highest BCUT2D eigenvalue weighted by Gasteiger charge is 2.05. The fourth-order valence-electron chi connectivity index (χ4n) is 1.54. The molecule has 0 aliphatic heterocycles. The number of nitrogens with zero attached hydrogens (tertiary/aromatic N) is 3. The molecule has 0 fully saturated rings. The number of benzene rings is 1. The van der Waals surface area contributed by atoms with Crippen LogP contribution in [0.5, 0.6) is 5.75 Å². The van der Waals surface area contributed by atoms with Gasteiger partial charge in [0, 0.05) is 18.8 Å². The van der Waals surface area contributed by atoms with E-state index in [2.05, 4.69) is 15.4 Å². The minimum atomic E-state index is -0.375. The van der Waals surface area contributed by atoms with Crippen LogP contribution in [-0.4, -0.2) is 21.4 Å². The molecule has 0 bridgehead atoms. The number of hydrogen-bond donors (Lipinski definition) is 1. The molecule has 0 aliphatic rings. The van der Waals surface area contributed by atoms with Crippen LogP contribution < -0.4 is 10.1 Å². The van der Waals surface area contributed by atoms with E-state index in [0.717, 1.165) is 5.82 Å². The second-order valence-corrected chi connectivity index (χ2v) is 3.73. The van der Waals surface area contributed by atoms with Crippen molar-refractivity contribution in [2.75, 3.05) is 11.9 Å². The molecule has 1 heterocycles. The van der Waals surface area contributed by atoms with E-state index < -0.39 is 0 Å². The molecule has 1 N–H and O–H groups in total. The van der Waals surface area contributed by atoms with Crippen molar-refractivity contribution in [2.24, 2.45) is 7.05 Å². The van der Waals surface area contributed by atoms with Crippen molar-refractivity contribution in [3.8, 4) is 5.75 Å². The van der Waals surface area contributed by atoms with Crippen LogP contribution in [-0.2, 0) is 13.6 Å². The first-order valence-corrected chi connectivity index (χ1v) is 5.69. The van der Waals surface area contributed by atoms with Gasteiger partial charge in [-0.25, -0.2) is 9.37 Å². The van der Waals surface area contributed by atoms with Crippen LogP contribution in [0.4, 0.5) is 10.1 Å². The number of hydrogen-bond acceptors (Lipinski definition) is 4. The molecule has 96 valence electrons. The van der Waals surface area contributed by atoms with Gasteiger partial charge in [-0.15, -0.1) is 0 Å². The Labute approximate surface area is 105 Å². The van der Waals surface area contributed by atoms with Crippen LogP contribution in [0.15, 0.2) is 24.5 Å². The lowest BCUT2D eigenvalue weighted by Crippen LogP contribution is -2.07. The average molecular weight is 250 g/mol. The summed E-state index contributed by atoms with van der Waals surface area (Å²) in [6.07, 6.45) is 1.48. The van der Waals surface area contributed by atoms with Crippen LogP contribution in [0.25, 0.3) is 0 Å². The van der Waals surface area contributed by atoms with Gasteiger partial charge in [0.1, 0.15) is 12.2 Å². The Balaban J connectivity index is 2.02. The second kappa shape index (κ2) is 5.48. The smallest absolute Gasteiger partial charge is 0.167 e. The highest BCUT2D eigenvalue weighted by molar-refractivity contribution is 5.47. The number of anilines is 1. The van der Waals surface area contributed by atoms with Gasteiger partial charge < -0.3 is 10.1 Å². The van der Waals surface area contributed by atoms with Gasteiger partial charge in [-0.2, -0.15) is 5.10 Å². The Morgan fingerprint density at radius 3 is 2.89 bits per heavy atom. The van der Waals surface area contributed by atoms with Gasteiger partial charge in [0.2, 0.25) is 0 Å². The fourth-order valence-corrected chi connectivity index (χ4v) is 1.54. The molecule has 5 nitrogen and oxygen atoms in total. The van der Waals surface area contributed by atoms with Crippen LogP contribution in [0.2, 0.25) is 0 Å². The Hall–Kier alpha value is -2.11. The summed E-state index contributed by atoms with van der Waals surface area (Å²) in [5, 5.41) is 7.04. The maximum absolute atomic E-state index is 13.6. The lowest BCUT2D eigenvalue weighted by molar-refractivity contribution is 0.321. The number of halogens is 1. The third-order valence-corrected chi connectivity index (χ3v) is 2.49. The van der Waals surface area contributed by atoms with Crippen molar-refractivity contribution in [3.05, 3.63) is 36.2 Å². The molecular weight excluding hydrogens is 235 g/mol. The molecular formula is C12H15FN4O. The van der Waals surface area contributed by atoms with Crippen LogP contribution in [0.1, 0.15) is 12.7 Å². The van der Waals surface area contributed by atoms with E-state index in [4.69, 9.17) is 4.74 Å². The van der Waals surface area contributed by atoms with Crippen molar-refractivity contribution in [1.82, 2.24) is 14.8 Å². The zero-order valence-corrected chi connectivity index (χ0v) is 10.4. The van der Waals surface area contributed by atoms with Gasteiger partial charge in [0.05, 0.1) is 13.2 Å². The zero-order valence-electron chi connectivity index (χ0n) is 10.4. The molecule has 0 spiro atoms. The topological polar surface area (TPSA) is 52.0 Å². The minimum Gasteiger partial charge on any atom is -0.491 e. The largest absolute Gasteiger partial charge is 0.491 e. The summed E-state index contributed by atoms with van der Waals surface area (Å²) in [5.74, 6) is 0.672. The molecule has 6 heteroatoms. The summed E-state index contributed by atoms with van der Waals surface area (Å²) in [5.41, 5.74) is 0.680. The molecule has 0 unspecified atom stereocenters. The van der Waals surface area contributed by atoms with Gasteiger partial charge in [-0.3, -0.25) is 4.68 Å². The van der Waals surface area contributed by atoms with Gasteiger partial charge in [0.15, 0.2) is 11.6 Å². The van der Waals surface area contributed by atoms with Crippen LogP contribution in [0, 0.1) is 5.82 Å². The summed E-state index contributed by atoms with van der Waals surface area (Å²) in [7, 11) is 1.81. The quantitative estimate of drug-likeness (QED) is 0.881. The highest BCUT2D eigenvalue weighted by atomic mass is 19.1. The van der Waals surface area contributed by atoms with Crippen molar-refractivity contribution in [1.29, 1.82) is 0 Å². The number of nitrogens with one attached hydrogen (secondary N) is 1. The first-order valence-electron chi connectivity index (χ1n) is 5.69. The Bertz CT molecular complexity index is 527. The van der Waals surface area contributed by atoms with Crippen molar-refractivity contribution in [3.63, 3.8) is 0 Å². The van der Waals surface area contributed by atoms with Gasteiger partial charge >= 0.3 is 0 Å². The fraction of sp³-hybridized carbons (Fsp3) is 0.333. The van der Waals surface area contributed by atoms with Gasteiger partial charge in [-0.05, 0) is 19.1 Å². The summed E-state index contributed by atoms with van der Waals surface area (Å²) < 4.78 is 20.4. The number of ether oxygens (including phenoxy) is 1. The predicted molar refractivity (Wildman–Crippen MR) is 65.9 cm³/mol. The van der Waals surface area contributed by atoms with Gasteiger partial charge in [-0.1, -0.05) is 0 Å². The zero-order chi connectivity index (χ0) is 13.0. The Morgan fingerprint density at radius 1 is 1.44 bits per heavy atom. The molecule has 18 heavy (non-hydrogen) atoms. The Morgan fingerprint density at radius 2 is 2.28 bits per heavy atom. The molecule has 1 aromatic heterocycles. The molecule has 0 aliphatic carbocycles. The van der Waals surface area contributed by atoms with E-state index in [1.54, 1.807) is 16.8 Å². The summed E-state index contributed by atoms with van der Waals surface area (Å²) in [4.78, 5) is 4.07. The molecule has 0 saturated carbocycles. The standard InChI is InChI=1S/C12H15FN4O/c1-3-18-11-5-4-9(6-10(11)13)14-7-12-15-8-16-17(12)2/h4-6,8,14H,3,7H2,1-2H3. The van der Waals surface area contributed by atoms with E-state index >= 15 is 0 Å². The number of aryl methyl sites for hydroxylation is 1. The maximum Gasteiger partial charge on any atom is 0.167 e. The average Bonchev–Trinajstić information content (AvgIpc) is 2.76. The molecule has 0 amide bonds. The highest BCUT2D eigenvalue weighted by Crippen LogP contribution is 2.21. The summed E-state index contributed by atoms with van der Waals surface area (Å²) >= 11 is 0. The van der Waals surface area contributed by atoms with Crippen molar-refractivity contribution < 1.29 is 9.13 Å². The van der Waals surface area contributed by atoms with E-state index in [1.807, 2.05) is 14.0 Å². The summed E-state index contributed by atoms with van der Waals surface area (Å²) in [6, 6.07) is 4.78. The Kier molecular flexibility index (Phi) is 3.76. The third-order valence-electron chi connectivity index (χ3n) is 2.49. The van der Waals surface area contributed by atoms with E-state index in [-0.39, 0.29) is 11.6 Å². The van der Waals surface area contributed by atoms with Crippen LogP contribution >= 0.6 is 0 Å². The third kappa shape index (κ3) is 2.77.